The molecule has 3 rings (SSSR count). The summed E-state index contributed by atoms with van der Waals surface area (Å²) in [5, 5.41) is 13.9. The van der Waals surface area contributed by atoms with E-state index in [1.807, 2.05) is 6.92 Å². The van der Waals surface area contributed by atoms with Crippen molar-refractivity contribution in [3.8, 4) is 0 Å². The number of carbonyl (C=O) groups is 2. The topological polar surface area (TPSA) is 72.5 Å². The molecule has 7 heteroatoms. The van der Waals surface area contributed by atoms with Gasteiger partial charge in [-0.15, -0.1) is 0 Å². The first kappa shape index (κ1) is 23.1. The predicted octanol–water partition coefficient (Wildman–Crippen LogP) is -0.575. The van der Waals surface area contributed by atoms with Crippen LogP contribution >= 0.6 is 0 Å². The SMILES string of the molecule is C[C@H](NC(=O)[C@H]1CCCCN1Cc1ccc(F)cc1)c1ccc(C(=O)[O-])cc1.[Li+]. The normalized spacial score (nSPS) is 17.8. The van der Waals surface area contributed by atoms with Gasteiger partial charge in [-0.05, 0) is 55.1 Å². The molecule has 0 spiro atoms. The summed E-state index contributed by atoms with van der Waals surface area (Å²) in [7, 11) is 0. The smallest absolute Gasteiger partial charge is 0.545 e. The van der Waals surface area contributed by atoms with E-state index in [1.54, 1.807) is 24.3 Å². The number of hydrogen-bond donors (Lipinski definition) is 1. The average Bonchev–Trinajstić information content (AvgIpc) is 2.70. The van der Waals surface area contributed by atoms with Crippen LogP contribution in [0.1, 0.15) is 53.7 Å². The van der Waals surface area contributed by atoms with Crippen molar-refractivity contribution in [1.82, 2.24) is 10.2 Å². The van der Waals surface area contributed by atoms with Crippen LogP contribution in [-0.4, -0.2) is 29.4 Å². The number of carbonyl (C=O) groups excluding carboxylic acids is 2. The molecule has 1 N–H and O–H groups in total. The van der Waals surface area contributed by atoms with Gasteiger partial charge in [0.05, 0.1) is 18.1 Å². The first-order chi connectivity index (χ1) is 13.4. The maximum Gasteiger partial charge on any atom is 1.00 e. The Morgan fingerprint density at radius 3 is 2.41 bits per heavy atom. The standard InChI is InChI=1S/C22H25FN2O3.Li/c1-15(17-7-9-18(10-8-17)22(27)28)24-21(26)20-4-2-3-13-25(20)14-16-5-11-19(23)12-6-16;/h5-12,15,20H,2-4,13-14H2,1H3,(H,24,26)(H,27,28);/q;+1/p-1/t15-,20+;/m0./s1. The van der Waals surface area contributed by atoms with E-state index in [2.05, 4.69) is 10.2 Å². The monoisotopic (exact) mass is 390 g/mol. The second kappa shape index (κ2) is 10.6. The fraction of sp³-hybridized carbons (Fsp3) is 0.364. The van der Waals surface area contributed by atoms with Gasteiger partial charge in [0.2, 0.25) is 5.91 Å². The number of aromatic carboxylic acids is 1. The van der Waals surface area contributed by atoms with Gasteiger partial charge in [0.15, 0.2) is 0 Å². The van der Waals surface area contributed by atoms with Crippen LogP contribution in [0.4, 0.5) is 4.39 Å². The van der Waals surface area contributed by atoms with Gasteiger partial charge in [-0.2, -0.15) is 0 Å². The second-order valence-electron chi connectivity index (χ2n) is 7.25. The number of carboxylic acids is 1. The van der Waals surface area contributed by atoms with Gasteiger partial charge < -0.3 is 15.2 Å². The van der Waals surface area contributed by atoms with Crippen molar-refractivity contribution >= 4 is 11.9 Å². The molecule has 0 saturated carbocycles. The van der Waals surface area contributed by atoms with Crippen LogP contribution in [0.25, 0.3) is 0 Å². The number of nitrogens with zero attached hydrogens (tertiary/aromatic N) is 1. The molecular formula is C22H24FLiN2O3. The quantitative estimate of drug-likeness (QED) is 0.671. The van der Waals surface area contributed by atoms with Crippen LogP contribution < -0.4 is 29.3 Å². The zero-order chi connectivity index (χ0) is 20.1. The summed E-state index contributed by atoms with van der Waals surface area (Å²) < 4.78 is 13.1. The molecule has 1 aliphatic heterocycles. The van der Waals surface area contributed by atoms with Gasteiger partial charge in [0.1, 0.15) is 5.82 Å². The van der Waals surface area contributed by atoms with Crippen molar-refractivity contribution in [1.29, 1.82) is 0 Å². The maximum atomic E-state index is 13.1. The summed E-state index contributed by atoms with van der Waals surface area (Å²) in [4.78, 5) is 25.9. The molecule has 0 aliphatic carbocycles. The molecule has 0 aromatic heterocycles. The van der Waals surface area contributed by atoms with E-state index in [1.165, 1.54) is 24.3 Å². The minimum Gasteiger partial charge on any atom is -0.545 e. The van der Waals surface area contributed by atoms with E-state index in [4.69, 9.17) is 0 Å². The summed E-state index contributed by atoms with van der Waals surface area (Å²) in [6.45, 7) is 3.30. The fourth-order valence-corrected chi connectivity index (χ4v) is 3.60. The summed E-state index contributed by atoms with van der Waals surface area (Å²) in [6.07, 6.45) is 2.81. The molecule has 1 amide bonds. The van der Waals surface area contributed by atoms with Crippen molar-refractivity contribution < 1.29 is 37.9 Å². The molecule has 148 valence electrons. The van der Waals surface area contributed by atoms with Crippen molar-refractivity contribution in [2.24, 2.45) is 0 Å². The van der Waals surface area contributed by atoms with Gasteiger partial charge >= 0.3 is 18.9 Å². The van der Waals surface area contributed by atoms with Gasteiger partial charge in [0.25, 0.3) is 0 Å². The third kappa shape index (κ3) is 6.17. The molecule has 5 nitrogen and oxygen atoms in total. The summed E-state index contributed by atoms with van der Waals surface area (Å²) in [6, 6.07) is 12.2. The van der Waals surface area contributed by atoms with Gasteiger partial charge in [-0.3, -0.25) is 9.69 Å². The third-order valence-corrected chi connectivity index (χ3v) is 5.22. The number of amides is 1. The number of likely N-dealkylation sites (tertiary alicyclic amines) is 1. The number of carboxylic acid groups (broad SMARTS) is 1. The predicted molar refractivity (Wildman–Crippen MR) is 102 cm³/mol. The van der Waals surface area contributed by atoms with Crippen LogP contribution in [0.5, 0.6) is 0 Å². The van der Waals surface area contributed by atoms with Crippen LogP contribution in [0.2, 0.25) is 0 Å². The second-order valence-corrected chi connectivity index (χ2v) is 7.25. The van der Waals surface area contributed by atoms with E-state index in [0.717, 1.165) is 36.9 Å². The number of rotatable bonds is 6. The van der Waals surface area contributed by atoms with E-state index >= 15 is 0 Å². The largest absolute Gasteiger partial charge is 1.00 e. The Bertz CT molecular complexity index is 827. The van der Waals surface area contributed by atoms with Crippen LogP contribution in [0.15, 0.2) is 48.5 Å². The number of nitrogens with one attached hydrogen (secondary N) is 1. The molecule has 1 saturated heterocycles. The van der Waals surface area contributed by atoms with Crippen molar-refractivity contribution in [3.05, 3.63) is 71.0 Å². The minimum absolute atomic E-state index is 0. The zero-order valence-electron chi connectivity index (χ0n) is 16.9. The Morgan fingerprint density at radius 1 is 1.14 bits per heavy atom. The Balaban J connectivity index is 0.00000300. The van der Waals surface area contributed by atoms with Gasteiger partial charge in [-0.1, -0.05) is 42.8 Å². The first-order valence-electron chi connectivity index (χ1n) is 9.54. The van der Waals surface area contributed by atoms with E-state index in [-0.39, 0.29) is 48.2 Å². The van der Waals surface area contributed by atoms with Gasteiger partial charge in [0, 0.05) is 6.54 Å². The Hall–Kier alpha value is -2.13. The molecule has 1 fully saturated rings. The molecule has 2 atom stereocenters. The summed E-state index contributed by atoms with van der Waals surface area (Å²) in [5.74, 6) is -1.53. The Labute approximate surface area is 182 Å². The Morgan fingerprint density at radius 2 is 1.79 bits per heavy atom. The number of benzene rings is 2. The first-order valence-corrected chi connectivity index (χ1v) is 9.54. The maximum absolute atomic E-state index is 13.1. The van der Waals surface area contributed by atoms with Crippen LogP contribution in [0.3, 0.4) is 0 Å². The third-order valence-electron chi connectivity index (χ3n) is 5.22. The Kier molecular flexibility index (Phi) is 8.45. The van der Waals surface area contributed by atoms with Gasteiger partial charge in [-0.25, -0.2) is 4.39 Å². The molecule has 0 unspecified atom stereocenters. The molecule has 2 aromatic carbocycles. The molecule has 29 heavy (non-hydrogen) atoms. The van der Waals surface area contributed by atoms with Crippen LogP contribution in [-0.2, 0) is 11.3 Å². The molecular weight excluding hydrogens is 366 g/mol. The number of halogens is 1. The van der Waals surface area contributed by atoms with E-state index in [9.17, 15) is 19.1 Å². The minimum atomic E-state index is -1.22. The molecule has 1 heterocycles. The summed E-state index contributed by atoms with van der Waals surface area (Å²) >= 11 is 0. The molecule has 0 radical (unpaired) electrons. The molecule has 1 aliphatic rings. The van der Waals surface area contributed by atoms with Crippen molar-refractivity contribution in [3.63, 3.8) is 0 Å². The number of hydrogen-bond acceptors (Lipinski definition) is 4. The van der Waals surface area contributed by atoms with Crippen LogP contribution in [0, 0.1) is 5.82 Å². The van der Waals surface area contributed by atoms with Crippen molar-refractivity contribution in [2.45, 2.75) is 44.8 Å². The zero-order valence-corrected chi connectivity index (χ0v) is 16.9. The molecule has 0 bridgehead atoms. The fourth-order valence-electron chi connectivity index (χ4n) is 3.60. The van der Waals surface area contributed by atoms with E-state index in [0.29, 0.717) is 6.54 Å². The molecule has 2 aromatic rings. The number of piperidine rings is 1. The average molecular weight is 390 g/mol. The van der Waals surface area contributed by atoms with Crippen molar-refractivity contribution in [2.75, 3.05) is 6.54 Å². The summed E-state index contributed by atoms with van der Waals surface area (Å²) in [5.41, 5.74) is 1.92. The van der Waals surface area contributed by atoms with E-state index < -0.39 is 5.97 Å².